The molecule has 0 aromatic heterocycles. The summed E-state index contributed by atoms with van der Waals surface area (Å²) in [7, 11) is 0. The van der Waals surface area contributed by atoms with Crippen LogP contribution in [0, 0.1) is 6.92 Å². The normalized spacial score (nSPS) is 14.7. The molecule has 0 heterocycles. The van der Waals surface area contributed by atoms with Gasteiger partial charge in [-0.25, -0.2) is 0 Å². The number of benzene rings is 1. The highest BCUT2D eigenvalue weighted by molar-refractivity contribution is 6.18. The third kappa shape index (κ3) is 2.78. The second kappa shape index (κ2) is 5.26. The minimum atomic E-state index is -1.05. The van der Waals surface area contributed by atoms with Gasteiger partial charge in [-0.1, -0.05) is 12.1 Å². The molecule has 3 nitrogen and oxygen atoms in total. The standard InChI is InChI=1S/C11H13ClO3/c1-7-2-3-8(6-13)4-9(7)11(15)10(14)5-12/h2-4,6,10-11,14-15H,5H2,1H3. The third-order valence-corrected chi connectivity index (χ3v) is 2.60. The predicted molar refractivity (Wildman–Crippen MR) is 58.3 cm³/mol. The van der Waals surface area contributed by atoms with E-state index in [2.05, 4.69) is 0 Å². The van der Waals surface area contributed by atoms with Gasteiger partial charge < -0.3 is 10.2 Å². The number of carbonyl (C=O) groups is 1. The number of hydrogen-bond donors (Lipinski definition) is 2. The van der Waals surface area contributed by atoms with E-state index < -0.39 is 12.2 Å². The Morgan fingerprint density at radius 3 is 2.67 bits per heavy atom. The number of aryl methyl sites for hydroxylation is 1. The highest BCUT2D eigenvalue weighted by Gasteiger charge is 2.19. The summed E-state index contributed by atoms with van der Waals surface area (Å²) in [4.78, 5) is 10.6. The van der Waals surface area contributed by atoms with Crippen LogP contribution in [0.15, 0.2) is 18.2 Å². The molecule has 2 N–H and O–H groups in total. The maximum Gasteiger partial charge on any atom is 0.150 e. The van der Waals surface area contributed by atoms with E-state index in [1.807, 2.05) is 0 Å². The summed E-state index contributed by atoms with van der Waals surface area (Å²) in [5.74, 6) is -0.0497. The van der Waals surface area contributed by atoms with Crippen LogP contribution >= 0.6 is 11.6 Å². The molecule has 4 heteroatoms. The minimum Gasteiger partial charge on any atom is -0.389 e. The molecule has 0 amide bonds. The summed E-state index contributed by atoms with van der Waals surface area (Å²) in [5, 5.41) is 19.1. The third-order valence-electron chi connectivity index (χ3n) is 2.28. The van der Waals surface area contributed by atoms with Crippen molar-refractivity contribution in [3.8, 4) is 0 Å². The summed E-state index contributed by atoms with van der Waals surface area (Å²) in [6, 6.07) is 4.94. The summed E-state index contributed by atoms with van der Waals surface area (Å²) in [5.41, 5.74) is 1.82. The zero-order valence-corrected chi connectivity index (χ0v) is 9.11. The van der Waals surface area contributed by atoms with Gasteiger partial charge in [0.2, 0.25) is 0 Å². The van der Waals surface area contributed by atoms with Crippen molar-refractivity contribution >= 4 is 17.9 Å². The molecule has 0 aliphatic rings. The van der Waals surface area contributed by atoms with Crippen molar-refractivity contribution in [1.82, 2.24) is 0 Å². The molecule has 0 spiro atoms. The van der Waals surface area contributed by atoms with Gasteiger partial charge in [0.05, 0.1) is 12.0 Å². The van der Waals surface area contributed by atoms with Crippen molar-refractivity contribution in [2.24, 2.45) is 0 Å². The van der Waals surface area contributed by atoms with Crippen molar-refractivity contribution < 1.29 is 15.0 Å². The van der Waals surface area contributed by atoms with E-state index in [0.717, 1.165) is 5.56 Å². The summed E-state index contributed by atoms with van der Waals surface area (Å²) in [6.45, 7) is 1.80. The monoisotopic (exact) mass is 228 g/mol. The fourth-order valence-corrected chi connectivity index (χ4v) is 1.51. The Kier molecular flexibility index (Phi) is 4.27. The average molecular weight is 229 g/mol. The molecule has 0 aliphatic heterocycles. The van der Waals surface area contributed by atoms with Crippen LogP contribution in [0.5, 0.6) is 0 Å². The number of halogens is 1. The highest BCUT2D eigenvalue weighted by atomic mass is 35.5. The number of carbonyl (C=O) groups excluding carboxylic acids is 1. The lowest BCUT2D eigenvalue weighted by Gasteiger charge is -2.18. The van der Waals surface area contributed by atoms with Crippen molar-refractivity contribution in [3.63, 3.8) is 0 Å². The fraction of sp³-hybridized carbons (Fsp3) is 0.364. The molecule has 82 valence electrons. The van der Waals surface area contributed by atoms with Crippen LogP contribution in [0.25, 0.3) is 0 Å². The molecule has 0 radical (unpaired) electrons. The van der Waals surface area contributed by atoms with E-state index in [1.54, 1.807) is 25.1 Å². The van der Waals surface area contributed by atoms with E-state index >= 15 is 0 Å². The van der Waals surface area contributed by atoms with E-state index in [1.165, 1.54) is 0 Å². The average Bonchev–Trinajstić information content (AvgIpc) is 2.27. The summed E-state index contributed by atoms with van der Waals surface area (Å²) < 4.78 is 0. The van der Waals surface area contributed by atoms with Gasteiger partial charge >= 0.3 is 0 Å². The van der Waals surface area contributed by atoms with Gasteiger partial charge in [-0.05, 0) is 24.1 Å². The molecular weight excluding hydrogens is 216 g/mol. The SMILES string of the molecule is Cc1ccc(C=O)cc1C(O)C(O)CCl. The number of alkyl halides is 1. The van der Waals surface area contributed by atoms with Gasteiger partial charge in [-0.2, -0.15) is 0 Å². The molecule has 1 aromatic carbocycles. The number of rotatable bonds is 4. The quantitative estimate of drug-likeness (QED) is 0.606. The molecule has 0 saturated heterocycles. The van der Waals surface area contributed by atoms with Crippen LogP contribution in [0.2, 0.25) is 0 Å². The van der Waals surface area contributed by atoms with Gasteiger partial charge in [-0.15, -0.1) is 11.6 Å². The maximum absolute atomic E-state index is 10.6. The van der Waals surface area contributed by atoms with Crippen molar-refractivity contribution in [2.75, 3.05) is 5.88 Å². The van der Waals surface area contributed by atoms with E-state index in [9.17, 15) is 15.0 Å². The zero-order valence-electron chi connectivity index (χ0n) is 8.35. The molecule has 1 rings (SSSR count). The highest BCUT2D eigenvalue weighted by Crippen LogP contribution is 2.22. The van der Waals surface area contributed by atoms with Gasteiger partial charge in [-0.3, -0.25) is 4.79 Å². The molecule has 0 bridgehead atoms. The Labute approximate surface area is 93.3 Å². The van der Waals surface area contributed by atoms with Crippen LogP contribution < -0.4 is 0 Å². The van der Waals surface area contributed by atoms with Gasteiger partial charge in [0, 0.05) is 5.56 Å². The first-order valence-corrected chi connectivity index (χ1v) is 5.11. The number of aliphatic hydroxyl groups is 2. The molecule has 15 heavy (non-hydrogen) atoms. The Balaban J connectivity index is 3.06. The van der Waals surface area contributed by atoms with E-state index in [4.69, 9.17) is 11.6 Å². The first kappa shape index (κ1) is 12.2. The molecule has 2 atom stereocenters. The Morgan fingerprint density at radius 2 is 2.13 bits per heavy atom. The van der Waals surface area contributed by atoms with Crippen LogP contribution in [0.4, 0.5) is 0 Å². The number of hydrogen-bond acceptors (Lipinski definition) is 3. The van der Waals surface area contributed by atoms with Crippen LogP contribution in [0.1, 0.15) is 27.6 Å². The molecule has 0 fully saturated rings. The van der Waals surface area contributed by atoms with Gasteiger partial charge in [0.15, 0.2) is 0 Å². The fourth-order valence-electron chi connectivity index (χ4n) is 1.34. The summed E-state index contributed by atoms with van der Waals surface area (Å²) in [6.07, 6.45) is -1.38. The lowest BCUT2D eigenvalue weighted by atomic mass is 9.98. The smallest absolute Gasteiger partial charge is 0.150 e. The molecule has 0 saturated carbocycles. The molecule has 2 unspecified atom stereocenters. The Morgan fingerprint density at radius 1 is 1.47 bits per heavy atom. The Bertz CT molecular complexity index is 352. The van der Waals surface area contributed by atoms with Crippen LogP contribution in [-0.4, -0.2) is 28.5 Å². The second-order valence-corrected chi connectivity index (χ2v) is 3.71. The topological polar surface area (TPSA) is 57.5 Å². The van der Waals surface area contributed by atoms with Gasteiger partial charge in [0.1, 0.15) is 12.4 Å². The number of aliphatic hydroxyl groups excluding tert-OH is 2. The first-order valence-electron chi connectivity index (χ1n) is 4.58. The maximum atomic E-state index is 10.6. The molecule has 0 aliphatic carbocycles. The Hall–Kier alpha value is -0.900. The van der Waals surface area contributed by atoms with E-state index in [0.29, 0.717) is 17.4 Å². The van der Waals surface area contributed by atoms with Crippen molar-refractivity contribution in [3.05, 3.63) is 34.9 Å². The van der Waals surface area contributed by atoms with Crippen LogP contribution in [-0.2, 0) is 0 Å². The minimum absolute atomic E-state index is 0.0497. The largest absolute Gasteiger partial charge is 0.389 e. The number of aldehydes is 1. The molecular formula is C11H13ClO3. The summed E-state index contributed by atoms with van der Waals surface area (Å²) >= 11 is 5.44. The predicted octanol–water partition coefficient (Wildman–Crippen LogP) is 1.44. The zero-order chi connectivity index (χ0) is 11.4. The van der Waals surface area contributed by atoms with Crippen LogP contribution in [0.3, 0.4) is 0 Å². The lowest BCUT2D eigenvalue weighted by Crippen LogP contribution is -2.20. The van der Waals surface area contributed by atoms with Crippen molar-refractivity contribution in [1.29, 1.82) is 0 Å². The second-order valence-electron chi connectivity index (χ2n) is 3.40. The van der Waals surface area contributed by atoms with E-state index in [-0.39, 0.29) is 5.88 Å². The lowest BCUT2D eigenvalue weighted by molar-refractivity contribution is 0.0323. The van der Waals surface area contributed by atoms with Gasteiger partial charge in [0.25, 0.3) is 0 Å². The first-order chi connectivity index (χ1) is 7.10. The van der Waals surface area contributed by atoms with Crippen molar-refractivity contribution in [2.45, 2.75) is 19.1 Å². The molecule has 1 aromatic rings.